The van der Waals surface area contributed by atoms with Gasteiger partial charge in [-0.1, -0.05) is 47.7 Å². The van der Waals surface area contributed by atoms with Crippen LogP contribution in [0.25, 0.3) is 11.5 Å². The lowest BCUT2D eigenvalue weighted by Crippen LogP contribution is -2.22. The van der Waals surface area contributed by atoms with E-state index in [0.29, 0.717) is 22.6 Å². The van der Waals surface area contributed by atoms with E-state index in [2.05, 4.69) is 15.5 Å². The molecule has 0 bridgehead atoms. The molecule has 1 N–H and O–H groups in total. The molecule has 7 heteroatoms. The van der Waals surface area contributed by atoms with Crippen molar-refractivity contribution in [2.45, 2.75) is 24.3 Å². The Hall–Kier alpha value is -3.58. The number of anilines is 1. The maximum Gasteiger partial charge on any atom is 0.277 e. The fourth-order valence-electron chi connectivity index (χ4n) is 2.75. The Bertz CT molecular complexity index is 1140. The highest BCUT2D eigenvalue weighted by molar-refractivity contribution is 8.00. The van der Waals surface area contributed by atoms with Crippen molar-refractivity contribution in [3.05, 3.63) is 84.4 Å². The fraction of sp³-hybridized carbons (Fsp3) is 0.125. The van der Waals surface area contributed by atoms with Crippen molar-refractivity contribution in [1.82, 2.24) is 10.2 Å². The van der Waals surface area contributed by atoms with Gasteiger partial charge in [0.1, 0.15) is 11.5 Å². The monoisotopic (exact) mass is 431 g/mol. The molecule has 0 aliphatic rings. The summed E-state index contributed by atoms with van der Waals surface area (Å²) in [5, 5.41) is 11.0. The number of rotatable bonds is 7. The minimum Gasteiger partial charge on any atom is -0.457 e. The number of aryl methyl sites for hydroxylation is 1. The molecule has 0 aliphatic heterocycles. The smallest absolute Gasteiger partial charge is 0.277 e. The van der Waals surface area contributed by atoms with Crippen molar-refractivity contribution in [3.8, 4) is 23.0 Å². The molecule has 1 amide bonds. The molecule has 1 unspecified atom stereocenters. The van der Waals surface area contributed by atoms with Gasteiger partial charge >= 0.3 is 0 Å². The second kappa shape index (κ2) is 9.49. The predicted octanol–water partition coefficient (Wildman–Crippen LogP) is 5.96. The van der Waals surface area contributed by atoms with Crippen molar-refractivity contribution < 1.29 is 13.9 Å². The second-order valence-electron chi connectivity index (χ2n) is 6.93. The quantitative estimate of drug-likeness (QED) is 0.364. The van der Waals surface area contributed by atoms with Crippen LogP contribution in [0, 0.1) is 6.92 Å². The van der Waals surface area contributed by atoms with E-state index in [1.165, 1.54) is 11.8 Å². The highest BCUT2D eigenvalue weighted by Crippen LogP contribution is 2.27. The lowest BCUT2D eigenvalue weighted by molar-refractivity contribution is -0.115. The first kappa shape index (κ1) is 20.7. The van der Waals surface area contributed by atoms with E-state index in [1.54, 1.807) is 19.1 Å². The first-order chi connectivity index (χ1) is 15.1. The first-order valence-corrected chi connectivity index (χ1v) is 10.7. The number of nitrogens with zero attached hydrogens (tertiary/aromatic N) is 2. The van der Waals surface area contributed by atoms with Crippen molar-refractivity contribution >= 4 is 23.4 Å². The number of ether oxygens (including phenoxy) is 1. The summed E-state index contributed by atoms with van der Waals surface area (Å²) in [6.45, 7) is 3.81. The van der Waals surface area contributed by atoms with E-state index >= 15 is 0 Å². The van der Waals surface area contributed by atoms with Gasteiger partial charge < -0.3 is 14.5 Å². The van der Waals surface area contributed by atoms with Gasteiger partial charge in [-0.15, -0.1) is 10.2 Å². The molecular weight excluding hydrogens is 410 g/mol. The number of amides is 1. The van der Waals surface area contributed by atoms with Crippen LogP contribution in [0.2, 0.25) is 0 Å². The molecular formula is C24H21N3O3S. The van der Waals surface area contributed by atoms with E-state index in [0.717, 1.165) is 16.9 Å². The van der Waals surface area contributed by atoms with E-state index in [4.69, 9.17) is 9.15 Å². The van der Waals surface area contributed by atoms with Crippen molar-refractivity contribution in [2.75, 3.05) is 5.32 Å². The molecule has 0 fully saturated rings. The number of para-hydroxylation sites is 1. The summed E-state index contributed by atoms with van der Waals surface area (Å²) in [6, 6.07) is 24.6. The number of aromatic nitrogens is 2. The molecule has 0 saturated heterocycles. The Kier molecular flexibility index (Phi) is 6.33. The van der Waals surface area contributed by atoms with Crippen LogP contribution in [0.1, 0.15) is 12.5 Å². The molecule has 0 radical (unpaired) electrons. The van der Waals surface area contributed by atoms with Gasteiger partial charge in [0.2, 0.25) is 11.8 Å². The third-order valence-corrected chi connectivity index (χ3v) is 5.39. The van der Waals surface area contributed by atoms with E-state index in [1.807, 2.05) is 73.7 Å². The van der Waals surface area contributed by atoms with E-state index in [9.17, 15) is 4.79 Å². The minimum atomic E-state index is -0.411. The molecule has 4 rings (SSSR count). The van der Waals surface area contributed by atoms with Crippen molar-refractivity contribution in [3.63, 3.8) is 0 Å². The van der Waals surface area contributed by atoms with Crippen molar-refractivity contribution in [2.24, 2.45) is 0 Å². The molecule has 6 nitrogen and oxygen atoms in total. The van der Waals surface area contributed by atoms with Crippen LogP contribution < -0.4 is 10.1 Å². The summed E-state index contributed by atoms with van der Waals surface area (Å²) < 4.78 is 11.5. The zero-order chi connectivity index (χ0) is 21.6. The van der Waals surface area contributed by atoms with Gasteiger partial charge in [0.15, 0.2) is 0 Å². The van der Waals surface area contributed by atoms with Gasteiger partial charge in [-0.2, -0.15) is 0 Å². The van der Waals surface area contributed by atoms with Crippen LogP contribution in [0.3, 0.4) is 0 Å². The second-order valence-corrected chi connectivity index (χ2v) is 8.22. The average Bonchev–Trinajstić information content (AvgIpc) is 3.24. The fourth-order valence-corrected chi connectivity index (χ4v) is 3.43. The molecule has 0 spiro atoms. The summed E-state index contributed by atoms with van der Waals surface area (Å²) in [6.07, 6.45) is 0. The maximum atomic E-state index is 12.6. The summed E-state index contributed by atoms with van der Waals surface area (Å²) in [7, 11) is 0. The third-order valence-electron chi connectivity index (χ3n) is 4.45. The number of carbonyl (C=O) groups is 1. The van der Waals surface area contributed by atoms with Crippen LogP contribution in [0.15, 0.2) is 88.5 Å². The number of nitrogens with one attached hydrogen (secondary N) is 1. The van der Waals surface area contributed by atoms with Crippen LogP contribution in [0.5, 0.6) is 11.5 Å². The lowest BCUT2D eigenvalue weighted by atomic mass is 10.1. The van der Waals surface area contributed by atoms with Gasteiger partial charge in [0.05, 0.1) is 5.25 Å². The standard InChI is InChI=1S/C24H21N3O3S/c1-16-8-10-18(11-9-16)23-26-27-24(30-23)31-17(2)22(28)25-19-12-14-21(15-13-19)29-20-6-4-3-5-7-20/h3-15,17H,1-2H3,(H,25,28). The molecule has 4 aromatic rings. The number of carbonyl (C=O) groups excluding carboxylic acids is 1. The first-order valence-electron chi connectivity index (χ1n) is 9.78. The molecule has 3 aromatic carbocycles. The molecule has 156 valence electrons. The summed E-state index contributed by atoms with van der Waals surface area (Å²) >= 11 is 1.22. The molecule has 0 aliphatic carbocycles. The van der Waals surface area contributed by atoms with Gasteiger partial charge in [-0.3, -0.25) is 4.79 Å². The van der Waals surface area contributed by atoms with E-state index < -0.39 is 5.25 Å². The minimum absolute atomic E-state index is 0.156. The van der Waals surface area contributed by atoms with Gasteiger partial charge in [-0.05, 0) is 62.4 Å². The Morgan fingerprint density at radius 3 is 2.32 bits per heavy atom. The zero-order valence-electron chi connectivity index (χ0n) is 17.1. The van der Waals surface area contributed by atoms with Gasteiger partial charge in [0.25, 0.3) is 5.22 Å². The lowest BCUT2D eigenvalue weighted by Gasteiger charge is -2.11. The molecule has 1 atom stereocenters. The van der Waals surface area contributed by atoms with E-state index in [-0.39, 0.29) is 5.91 Å². The third kappa shape index (κ3) is 5.52. The molecule has 1 heterocycles. The number of hydrogen-bond acceptors (Lipinski definition) is 6. The number of hydrogen-bond donors (Lipinski definition) is 1. The molecule has 0 saturated carbocycles. The average molecular weight is 432 g/mol. The predicted molar refractivity (Wildman–Crippen MR) is 121 cm³/mol. The largest absolute Gasteiger partial charge is 0.457 e. The number of thioether (sulfide) groups is 1. The van der Waals surface area contributed by atoms with Gasteiger partial charge in [0, 0.05) is 11.3 Å². The van der Waals surface area contributed by atoms with Gasteiger partial charge in [-0.25, -0.2) is 0 Å². The number of benzene rings is 3. The molecule has 1 aromatic heterocycles. The maximum absolute atomic E-state index is 12.6. The Morgan fingerprint density at radius 2 is 1.61 bits per heavy atom. The molecule has 31 heavy (non-hydrogen) atoms. The summed E-state index contributed by atoms with van der Waals surface area (Å²) in [5.74, 6) is 1.73. The van der Waals surface area contributed by atoms with Crippen LogP contribution >= 0.6 is 11.8 Å². The van der Waals surface area contributed by atoms with Crippen LogP contribution in [-0.4, -0.2) is 21.4 Å². The summed E-state index contributed by atoms with van der Waals surface area (Å²) in [5.41, 5.74) is 2.69. The normalized spacial score (nSPS) is 11.7. The van der Waals surface area contributed by atoms with Crippen LogP contribution in [-0.2, 0) is 4.79 Å². The zero-order valence-corrected chi connectivity index (χ0v) is 17.9. The topological polar surface area (TPSA) is 77.2 Å². The van der Waals surface area contributed by atoms with Crippen molar-refractivity contribution in [1.29, 1.82) is 0 Å². The highest BCUT2D eigenvalue weighted by atomic mass is 32.2. The summed E-state index contributed by atoms with van der Waals surface area (Å²) in [4.78, 5) is 12.6. The Balaban J connectivity index is 1.33. The SMILES string of the molecule is Cc1ccc(-c2nnc(SC(C)C(=O)Nc3ccc(Oc4ccccc4)cc3)o2)cc1. The van der Waals surface area contributed by atoms with Crippen LogP contribution in [0.4, 0.5) is 5.69 Å². The highest BCUT2D eigenvalue weighted by Gasteiger charge is 2.19. The Morgan fingerprint density at radius 1 is 0.935 bits per heavy atom. The Labute approximate surface area is 184 Å².